The number of nitrogens with one attached hydrogen (secondary N) is 1. The van der Waals surface area contributed by atoms with Gasteiger partial charge >= 0.3 is 12.1 Å². The summed E-state index contributed by atoms with van der Waals surface area (Å²) in [6, 6.07) is 8.00. The average molecular weight is 390 g/mol. The highest BCUT2D eigenvalue weighted by atomic mass is 16.6. The molecule has 7 nitrogen and oxygen atoms in total. The zero-order valence-electron chi connectivity index (χ0n) is 17.2. The second-order valence-corrected chi connectivity index (χ2v) is 8.30. The van der Waals surface area contributed by atoms with Crippen molar-refractivity contribution in [2.24, 2.45) is 5.92 Å². The van der Waals surface area contributed by atoms with E-state index in [0.29, 0.717) is 13.0 Å². The molecule has 2 unspecified atom stereocenters. The van der Waals surface area contributed by atoms with E-state index < -0.39 is 29.7 Å². The lowest BCUT2D eigenvalue weighted by Gasteiger charge is -2.29. The smallest absolute Gasteiger partial charge is 0.408 e. The number of esters is 1. The molecule has 1 fully saturated rings. The number of carbonyl (C=O) groups is 3. The topological polar surface area (TPSA) is 84.9 Å². The van der Waals surface area contributed by atoms with Gasteiger partial charge in [-0.15, -0.1) is 0 Å². The van der Waals surface area contributed by atoms with Crippen molar-refractivity contribution >= 4 is 18.0 Å². The minimum absolute atomic E-state index is 0.118. The quantitative estimate of drug-likeness (QED) is 0.755. The fourth-order valence-electron chi connectivity index (χ4n) is 3.14. The fraction of sp³-hybridized carbons (Fsp3) is 0.571. The number of ether oxygens (including phenoxy) is 2. The van der Waals surface area contributed by atoms with Crippen molar-refractivity contribution < 1.29 is 23.9 Å². The van der Waals surface area contributed by atoms with Crippen LogP contribution in [0, 0.1) is 5.92 Å². The molecule has 1 aromatic rings. The Hall–Kier alpha value is -2.57. The summed E-state index contributed by atoms with van der Waals surface area (Å²) in [6.07, 6.45) is -0.215. The molecule has 0 aliphatic carbocycles. The summed E-state index contributed by atoms with van der Waals surface area (Å²) in [5, 5.41) is 2.60. The van der Waals surface area contributed by atoms with Crippen molar-refractivity contribution in [1.29, 1.82) is 0 Å². The summed E-state index contributed by atoms with van der Waals surface area (Å²) in [5.74, 6) is -0.848. The van der Waals surface area contributed by atoms with Crippen molar-refractivity contribution in [2.75, 3.05) is 6.54 Å². The van der Waals surface area contributed by atoms with Gasteiger partial charge in [-0.25, -0.2) is 9.59 Å². The van der Waals surface area contributed by atoms with Crippen molar-refractivity contribution in [3.63, 3.8) is 0 Å². The minimum Gasteiger partial charge on any atom is -0.459 e. The fourth-order valence-corrected chi connectivity index (χ4v) is 3.14. The monoisotopic (exact) mass is 390 g/mol. The normalized spacial score (nSPS) is 18.1. The van der Waals surface area contributed by atoms with Crippen LogP contribution in [0.4, 0.5) is 4.79 Å². The molecule has 1 heterocycles. The summed E-state index contributed by atoms with van der Waals surface area (Å²) < 4.78 is 10.7. The van der Waals surface area contributed by atoms with Crippen LogP contribution >= 0.6 is 0 Å². The summed E-state index contributed by atoms with van der Waals surface area (Å²) in [5.41, 5.74) is 0.239. The van der Waals surface area contributed by atoms with Crippen LogP contribution in [0.5, 0.6) is 0 Å². The van der Waals surface area contributed by atoms with Crippen LogP contribution < -0.4 is 5.32 Å². The van der Waals surface area contributed by atoms with Crippen LogP contribution in [0.3, 0.4) is 0 Å². The number of hydrogen-bond acceptors (Lipinski definition) is 5. The van der Waals surface area contributed by atoms with E-state index in [2.05, 4.69) is 5.32 Å². The van der Waals surface area contributed by atoms with Crippen molar-refractivity contribution in [3.05, 3.63) is 35.9 Å². The molecule has 2 rings (SSSR count). The molecule has 0 saturated carbocycles. The largest absolute Gasteiger partial charge is 0.459 e. The average Bonchev–Trinajstić information content (AvgIpc) is 2.93. The third-order valence-electron chi connectivity index (χ3n) is 4.36. The molecular formula is C21H30N2O5. The van der Waals surface area contributed by atoms with Gasteiger partial charge < -0.3 is 19.7 Å². The Morgan fingerprint density at radius 2 is 1.86 bits per heavy atom. The molecule has 1 saturated heterocycles. The van der Waals surface area contributed by atoms with Gasteiger partial charge in [-0.3, -0.25) is 4.79 Å². The maximum atomic E-state index is 12.8. The van der Waals surface area contributed by atoms with E-state index in [1.807, 2.05) is 44.2 Å². The number of benzene rings is 1. The molecule has 0 aromatic heterocycles. The Morgan fingerprint density at radius 1 is 1.21 bits per heavy atom. The number of nitrogens with zero attached hydrogens (tertiary/aromatic N) is 1. The predicted molar refractivity (Wildman–Crippen MR) is 104 cm³/mol. The van der Waals surface area contributed by atoms with Gasteiger partial charge in [-0.2, -0.15) is 0 Å². The highest BCUT2D eigenvalue weighted by Gasteiger charge is 2.42. The van der Waals surface area contributed by atoms with Crippen molar-refractivity contribution in [3.8, 4) is 0 Å². The van der Waals surface area contributed by atoms with Crippen LogP contribution in [0.15, 0.2) is 30.3 Å². The number of rotatable bonds is 6. The van der Waals surface area contributed by atoms with Crippen molar-refractivity contribution in [2.45, 2.75) is 65.3 Å². The van der Waals surface area contributed by atoms with E-state index in [1.165, 1.54) is 4.90 Å². The first-order valence-corrected chi connectivity index (χ1v) is 9.59. The van der Waals surface area contributed by atoms with Crippen LogP contribution in [-0.2, 0) is 25.7 Å². The number of likely N-dealkylation sites (tertiary alicyclic amines) is 1. The van der Waals surface area contributed by atoms with Gasteiger partial charge in [0, 0.05) is 6.54 Å². The van der Waals surface area contributed by atoms with Gasteiger partial charge in [0.25, 0.3) is 0 Å². The molecule has 7 heteroatoms. The highest BCUT2D eigenvalue weighted by Crippen LogP contribution is 2.22. The molecule has 0 spiro atoms. The van der Waals surface area contributed by atoms with Crippen LogP contribution in [0.1, 0.15) is 46.6 Å². The van der Waals surface area contributed by atoms with E-state index in [0.717, 1.165) is 5.56 Å². The van der Waals surface area contributed by atoms with E-state index in [4.69, 9.17) is 9.47 Å². The van der Waals surface area contributed by atoms with Crippen LogP contribution in [0.2, 0.25) is 0 Å². The first kappa shape index (κ1) is 21.7. The Kier molecular flexibility index (Phi) is 7.05. The van der Waals surface area contributed by atoms with Crippen molar-refractivity contribution in [1.82, 2.24) is 10.2 Å². The lowest BCUT2D eigenvalue weighted by molar-refractivity contribution is -0.157. The number of hydrogen-bond donors (Lipinski definition) is 1. The first-order valence-electron chi connectivity index (χ1n) is 9.59. The maximum absolute atomic E-state index is 12.8. The molecule has 1 aliphatic rings. The first-order chi connectivity index (χ1) is 13.1. The zero-order chi connectivity index (χ0) is 20.9. The van der Waals surface area contributed by atoms with Gasteiger partial charge in [0.15, 0.2) is 0 Å². The molecule has 2 amide bonds. The molecule has 0 bridgehead atoms. The van der Waals surface area contributed by atoms with E-state index >= 15 is 0 Å². The lowest BCUT2D eigenvalue weighted by atomic mass is 10.0. The Morgan fingerprint density at radius 3 is 2.43 bits per heavy atom. The summed E-state index contributed by atoms with van der Waals surface area (Å²) in [6.45, 7) is 9.55. The number of alkyl carbamates (subject to hydrolysis) is 1. The second kappa shape index (κ2) is 9.08. The third-order valence-corrected chi connectivity index (χ3v) is 4.36. The molecule has 1 aromatic carbocycles. The Bertz CT molecular complexity index is 696. The van der Waals surface area contributed by atoms with Crippen LogP contribution in [-0.4, -0.2) is 47.1 Å². The lowest BCUT2D eigenvalue weighted by Crippen LogP contribution is -2.50. The van der Waals surface area contributed by atoms with E-state index in [1.54, 1.807) is 20.8 Å². The summed E-state index contributed by atoms with van der Waals surface area (Å²) >= 11 is 0. The Balaban J connectivity index is 1.98. The van der Waals surface area contributed by atoms with Gasteiger partial charge in [0.1, 0.15) is 24.3 Å². The third kappa shape index (κ3) is 5.97. The van der Waals surface area contributed by atoms with E-state index in [9.17, 15) is 14.4 Å². The van der Waals surface area contributed by atoms with Gasteiger partial charge in [0.2, 0.25) is 5.91 Å². The second-order valence-electron chi connectivity index (χ2n) is 8.30. The number of amides is 2. The highest BCUT2D eigenvalue weighted by molar-refractivity contribution is 5.91. The van der Waals surface area contributed by atoms with E-state index in [-0.39, 0.29) is 18.4 Å². The van der Waals surface area contributed by atoms with Crippen LogP contribution in [0.25, 0.3) is 0 Å². The summed E-state index contributed by atoms with van der Waals surface area (Å²) in [4.78, 5) is 38.9. The zero-order valence-corrected chi connectivity index (χ0v) is 17.2. The predicted octanol–water partition coefficient (Wildman–Crippen LogP) is 2.88. The Labute approximate surface area is 166 Å². The van der Waals surface area contributed by atoms with Gasteiger partial charge in [0.05, 0.1) is 0 Å². The minimum atomic E-state index is -0.696. The van der Waals surface area contributed by atoms with Gasteiger partial charge in [-0.1, -0.05) is 44.2 Å². The number of carbonyl (C=O) groups excluding carboxylic acids is 3. The molecular weight excluding hydrogens is 360 g/mol. The molecule has 154 valence electrons. The molecule has 2 atom stereocenters. The molecule has 1 N–H and O–H groups in total. The standard InChI is InChI=1S/C21H30N2O5/c1-14(2)17(19(25)27-13-15-9-7-6-8-10-15)23-12-11-16(18(23)24)22-20(26)28-21(3,4)5/h6-10,14,16-17H,11-13H2,1-5H3,(H,22,26). The SMILES string of the molecule is CC(C)C(C(=O)OCc1ccccc1)N1CCC(NC(=O)OC(C)(C)C)C1=O. The summed E-state index contributed by atoms with van der Waals surface area (Å²) in [7, 11) is 0. The van der Waals surface area contributed by atoms with Gasteiger partial charge in [-0.05, 0) is 38.7 Å². The molecule has 0 radical (unpaired) electrons. The molecule has 28 heavy (non-hydrogen) atoms. The maximum Gasteiger partial charge on any atom is 0.408 e. The molecule has 1 aliphatic heterocycles.